The minimum absolute atomic E-state index is 0.0168. The van der Waals surface area contributed by atoms with Crippen molar-refractivity contribution in [1.29, 1.82) is 0 Å². The number of carbonyl (C=O) groups excluding carboxylic acids is 1. The Morgan fingerprint density at radius 2 is 1.33 bits per heavy atom. The molecule has 0 aliphatic carbocycles. The van der Waals surface area contributed by atoms with Gasteiger partial charge in [0, 0.05) is 16.2 Å². The van der Waals surface area contributed by atoms with E-state index in [1.165, 1.54) is 12.1 Å². The first-order chi connectivity index (χ1) is 11.6. The molecule has 3 rings (SSSR count). The molecule has 0 saturated carbocycles. The van der Waals surface area contributed by atoms with Crippen molar-refractivity contribution in [1.82, 2.24) is 5.09 Å². The van der Waals surface area contributed by atoms with Crippen LogP contribution in [0.4, 0.5) is 0 Å². The van der Waals surface area contributed by atoms with Crippen molar-refractivity contribution < 1.29 is 14.5 Å². The molecule has 3 aromatic rings. The normalized spacial score (nSPS) is 11.0. The third-order valence-corrected chi connectivity index (χ3v) is 6.18. The number of amides is 1. The Labute approximate surface area is 140 Å². The summed E-state index contributed by atoms with van der Waals surface area (Å²) in [6.07, 6.45) is 0. The van der Waals surface area contributed by atoms with Gasteiger partial charge in [-0.2, -0.15) is 0 Å². The lowest BCUT2D eigenvalue weighted by Crippen LogP contribution is -2.32. The Kier molecular flexibility index (Phi) is 4.50. The van der Waals surface area contributed by atoms with Crippen molar-refractivity contribution >= 4 is 23.8 Å². The van der Waals surface area contributed by atoms with E-state index in [1.807, 2.05) is 12.1 Å². The predicted molar refractivity (Wildman–Crippen MR) is 95.3 cm³/mol. The molecular weight excluding hydrogens is 321 g/mol. The second kappa shape index (κ2) is 6.73. The highest BCUT2D eigenvalue weighted by molar-refractivity contribution is 7.77. The molecule has 3 aromatic carbocycles. The van der Waals surface area contributed by atoms with Gasteiger partial charge in [-0.3, -0.25) is 14.4 Å². The summed E-state index contributed by atoms with van der Waals surface area (Å²) in [6.45, 7) is 0. The first-order valence-corrected chi connectivity index (χ1v) is 9.13. The fraction of sp³-hybridized carbons (Fsp3) is 0. The van der Waals surface area contributed by atoms with Crippen LogP contribution < -0.4 is 15.7 Å². The zero-order valence-electron chi connectivity index (χ0n) is 12.8. The van der Waals surface area contributed by atoms with Crippen LogP contribution in [0, 0.1) is 0 Å². The number of hydrogen-bond donors (Lipinski definition) is 2. The highest BCUT2D eigenvalue weighted by Crippen LogP contribution is 2.39. The van der Waals surface area contributed by atoms with Crippen LogP contribution in [0.15, 0.2) is 84.9 Å². The molecule has 0 radical (unpaired) electrons. The largest absolute Gasteiger partial charge is 0.508 e. The number of rotatable bonds is 4. The SMILES string of the molecule is O=C(NP(=O)(c1ccccc1)c1ccccc1)c1cccc(O)c1. The number of phenols is 1. The summed E-state index contributed by atoms with van der Waals surface area (Å²) in [5.41, 5.74) is 0.252. The molecule has 4 nitrogen and oxygen atoms in total. The van der Waals surface area contributed by atoms with Gasteiger partial charge in [0.25, 0.3) is 5.91 Å². The molecule has 0 fully saturated rings. The van der Waals surface area contributed by atoms with E-state index in [1.54, 1.807) is 60.7 Å². The van der Waals surface area contributed by atoms with E-state index in [2.05, 4.69) is 5.09 Å². The van der Waals surface area contributed by atoms with Gasteiger partial charge in [0.15, 0.2) is 0 Å². The quantitative estimate of drug-likeness (QED) is 0.719. The molecule has 1 amide bonds. The van der Waals surface area contributed by atoms with Gasteiger partial charge in [0.05, 0.1) is 0 Å². The molecule has 2 N–H and O–H groups in total. The summed E-state index contributed by atoms with van der Waals surface area (Å²) in [5, 5.41) is 13.3. The highest BCUT2D eigenvalue weighted by Gasteiger charge is 2.29. The van der Waals surface area contributed by atoms with E-state index < -0.39 is 13.2 Å². The van der Waals surface area contributed by atoms with Crippen molar-refractivity contribution in [2.75, 3.05) is 0 Å². The minimum atomic E-state index is -3.34. The van der Waals surface area contributed by atoms with Gasteiger partial charge in [-0.25, -0.2) is 0 Å². The summed E-state index contributed by atoms with van der Waals surface area (Å²) in [5.74, 6) is -0.515. The average Bonchev–Trinajstić information content (AvgIpc) is 2.63. The molecule has 0 unspecified atom stereocenters. The van der Waals surface area contributed by atoms with Gasteiger partial charge in [-0.1, -0.05) is 42.5 Å². The summed E-state index contributed by atoms with van der Waals surface area (Å²) in [4.78, 5) is 12.6. The first kappa shape index (κ1) is 16.0. The zero-order valence-corrected chi connectivity index (χ0v) is 13.7. The van der Waals surface area contributed by atoms with Gasteiger partial charge in [-0.15, -0.1) is 0 Å². The standard InChI is InChI=1S/C19H16NO3P/c21-16-9-7-8-15(14-16)19(22)20-24(23,17-10-3-1-4-11-17)18-12-5-2-6-13-18/h1-14,21H,(H,20,22,23). The maximum Gasteiger partial charge on any atom is 0.257 e. The molecule has 5 heteroatoms. The first-order valence-electron chi connectivity index (χ1n) is 7.42. The number of nitrogens with one attached hydrogen (secondary N) is 1. The maximum atomic E-state index is 13.7. The monoisotopic (exact) mass is 337 g/mol. The lowest BCUT2D eigenvalue weighted by atomic mass is 10.2. The van der Waals surface area contributed by atoms with Crippen LogP contribution in [0.5, 0.6) is 5.75 Å². The van der Waals surface area contributed by atoms with Gasteiger partial charge >= 0.3 is 0 Å². The number of aromatic hydroxyl groups is 1. The second-order valence-corrected chi connectivity index (χ2v) is 7.75. The van der Waals surface area contributed by atoms with Gasteiger partial charge in [0.1, 0.15) is 5.75 Å². The molecule has 24 heavy (non-hydrogen) atoms. The van der Waals surface area contributed by atoms with Crippen LogP contribution in [0.3, 0.4) is 0 Å². The number of hydrogen-bond acceptors (Lipinski definition) is 3. The van der Waals surface area contributed by atoms with Crippen molar-refractivity contribution in [3.8, 4) is 5.75 Å². The molecule has 0 atom stereocenters. The third-order valence-electron chi connectivity index (χ3n) is 3.61. The van der Waals surface area contributed by atoms with Gasteiger partial charge in [-0.05, 0) is 42.5 Å². The van der Waals surface area contributed by atoms with Crippen LogP contribution in [-0.4, -0.2) is 11.0 Å². The second-order valence-electron chi connectivity index (χ2n) is 5.27. The van der Waals surface area contributed by atoms with E-state index in [4.69, 9.17) is 0 Å². The van der Waals surface area contributed by atoms with E-state index >= 15 is 0 Å². The molecule has 0 heterocycles. The van der Waals surface area contributed by atoms with Crippen molar-refractivity contribution in [2.24, 2.45) is 0 Å². The molecule has 0 saturated heterocycles. The van der Waals surface area contributed by atoms with Crippen molar-refractivity contribution in [3.05, 3.63) is 90.5 Å². The van der Waals surface area contributed by atoms with Crippen LogP contribution in [0.25, 0.3) is 0 Å². The summed E-state index contributed by atoms with van der Waals surface area (Å²) in [6, 6.07) is 23.7. The average molecular weight is 337 g/mol. The molecular formula is C19H16NO3P. The van der Waals surface area contributed by atoms with Crippen LogP contribution in [-0.2, 0) is 4.57 Å². The van der Waals surface area contributed by atoms with E-state index in [0.717, 1.165) is 0 Å². The molecule has 0 aliphatic rings. The Bertz CT molecular complexity index is 851. The topological polar surface area (TPSA) is 66.4 Å². The van der Waals surface area contributed by atoms with Crippen LogP contribution in [0.1, 0.15) is 10.4 Å². The lowest BCUT2D eigenvalue weighted by molar-refractivity contribution is 0.0981. The van der Waals surface area contributed by atoms with Crippen LogP contribution in [0.2, 0.25) is 0 Å². The predicted octanol–water partition coefficient (Wildman–Crippen LogP) is 3.05. The van der Waals surface area contributed by atoms with Crippen molar-refractivity contribution in [3.63, 3.8) is 0 Å². The molecule has 120 valence electrons. The van der Waals surface area contributed by atoms with Crippen LogP contribution >= 0.6 is 7.29 Å². The maximum absolute atomic E-state index is 13.7. The molecule has 0 aromatic heterocycles. The van der Waals surface area contributed by atoms with E-state index in [0.29, 0.717) is 10.6 Å². The fourth-order valence-corrected chi connectivity index (χ4v) is 4.56. The highest BCUT2D eigenvalue weighted by atomic mass is 31.2. The lowest BCUT2D eigenvalue weighted by Gasteiger charge is -2.20. The molecule has 0 bridgehead atoms. The summed E-state index contributed by atoms with van der Waals surface area (Å²) in [7, 11) is -3.34. The number of benzene rings is 3. The minimum Gasteiger partial charge on any atom is -0.508 e. The Morgan fingerprint density at radius 3 is 1.83 bits per heavy atom. The molecule has 0 spiro atoms. The third kappa shape index (κ3) is 3.24. The fourth-order valence-electron chi connectivity index (χ4n) is 2.41. The molecule has 0 aliphatic heterocycles. The number of carbonyl (C=O) groups is 1. The van der Waals surface area contributed by atoms with Gasteiger partial charge in [0.2, 0.25) is 7.29 Å². The Hall–Kier alpha value is -2.84. The van der Waals surface area contributed by atoms with Crippen molar-refractivity contribution in [2.45, 2.75) is 0 Å². The zero-order chi connectivity index (χ0) is 17.0. The van der Waals surface area contributed by atoms with E-state index in [9.17, 15) is 14.5 Å². The Balaban J connectivity index is 2.03. The smallest absolute Gasteiger partial charge is 0.257 e. The Morgan fingerprint density at radius 1 is 0.792 bits per heavy atom. The summed E-state index contributed by atoms with van der Waals surface area (Å²) >= 11 is 0. The summed E-state index contributed by atoms with van der Waals surface area (Å²) < 4.78 is 13.7. The number of phenolic OH excluding ortho intramolecular Hbond substituents is 1. The van der Waals surface area contributed by atoms with Gasteiger partial charge < -0.3 is 5.11 Å². The van der Waals surface area contributed by atoms with E-state index in [-0.39, 0.29) is 11.3 Å².